The van der Waals surface area contributed by atoms with E-state index in [1.54, 1.807) is 24.3 Å². The molecule has 25 heavy (non-hydrogen) atoms. The molecule has 2 rings (SSSR count). The van der Waals surface area contributed by atoms with Gasteiger partial charge in [0, 0.05) is 11.3 Å². The Labute approximate surface area is 149 Å². The second-order valence-corrected chi connectivity index (χ2v) is 6.64. The number of anilines is 1. The van der Waals surface area contributed by atoms with Crippen LogP contribution in [0.2, 0.25) is 0 Å². The van der Waals surface area contributed by atoms with Crippen molar-refractivity contribution in [3.63, 3.8) is 0 Å². The van der Waals surface area contributed by atoms with Crippen LogP contribution in [0.25, 0.3) is 0 Å². The third-order valence-corrected chi connectivity index (χ3v) is 4.02. The molecule has 0 aliphatic heterocycles. The standard InChI is InChI=1S/C21H25NO3/c1-14(2)18-6-5-7-19(15(3)4)21(18)22-20(24)13-25-17-10-8-16(12-23)9-11-17/h5-12,14-15H,13H2,1-4H3,(H,22,24). The molecule has 132 valence electrons. The number of amides is 1. The van der Waals surface area contributed by atoms with Crippen LogP contribution in [0, 0.1) is 0 Å². The summed E-state index contributed by atoms with van der Waals surface area (Å²) in [5, 5.41) is 3.01. The minimum atomic E-state index is -0.200. The van der Waals surface area contributed by atoms with Crippen molar-refractivity contribution in [3.8, 4) is 5.75 Å². The van der Waals surface area contributed by atoms with Crippen molar-refractivity contribution in [1.82, 2.24) is 0 Å². The molecule has 0 radical (unpaired) electrons. The van der Waals surface area contributed by atoms with E-state index in [0.29, 0.717) is 23.1 Å². The molecule has 0 unspecified atom stereocenters. The normalized spacial score (nSPS) is 10.8. The Hall–Kier alpha value is -2.62. The maximum absolute atomic E-state index is 12.4. The highest BCUT2D eigenvalue weighted by Crippen LogP contribution is 2.32. The van der Waals surface area contributed by atoms with E-state index in [9.17, 15) is 9.59 Å². The summed E-state index contributed by atoms with van der Waals surface area (Å²) in [6.45, 7) is 8.37. The summed E-state index contributed by atoms with van der Waals surface area (Å²) in [6.07, 6.45) is 0.771. The molecule has 0 saturated carbocycles. The fourth-order valence-electron chi connectivity index (χ4n) is 2.66. The van der Waals surface area contributed by atoms with Crippen LogP contribution in [0.15, 0.2) is 42.5 Å². The Morgan fingerprint density at radius 1 is 1.00 bits per heavy atom. The zero-order chi connectivity index (χ0) is 18.4. The van der Waals surface area contributed by atoms with Gasteiger partial charge in [-0.1, -0.05) is 45.9 Å². The van der Waals surface area contributed by atoms with Crippen LogP contribution in [0.4, 0.5) is 5.69 Å². The van der Waals surface area contributed by atoms with E-state index in [-0.39, 0.29) is 12.5 Å². The summed E-state index contributed by atoms with van der Waals surface area (Å²) < 4.78 is 5.51. The van der Waals surface area contributed by atoms with Crippen molar-refractivity contribution in [2.24, 2.45) is 0 Å². The molecule has 0 bridgehead atoms. The molecule has 1 N–H and O–H groups in total. The Morgan fingerprint density at radius 3 is 2.04 bits per heavy atom. The molecule has 0 aliphatic rings. The zero-order valence-corrected chi connectivity index (χ0v) is 15.2. The van der Waals surface area contributed by atoms with Gasteiger partial charge in [-0.2, -0.15) is 0 Å². The van der Waals surface area contributed by atoms with Crippen molar-refractivity contribution < 1.29 is 14.3 Å². The second-order valence-electron chi connectivity index (χ2n) is 6.64. The summed E-state index contributed by atoms with van der Waals surface area (Å²) in [4.78, 5) is 23.0. The lowest BCUT2D eigenvalue weighted by atomic mass is 9.92. The molecule has 1 amide bonds. The van der Waals surface area contributed by atoms with Crippen molar-refractivity contribution in [2.75, 3.05) is 11.9 Å². The van der Waals surface area contributed by atoms with Gasteiger partial charge in [-0.3, -0.25) is 9.59 Å². The van der Waals surface area contributed by atoms with Crippen molar-refractivity contribution in [3.05, 3.63) is 59.2 Å². The van der Waals surface area contributed by atoms with E-state index in [1.165, 1.54) is 0 Å². The molecule has 0 fully saturated rings. The maximum atomic E-state index is 12.4. The van der Waals surface area contributed by atoms with E-state index < -0.39 is 0 Å². The van der Waals surface area contributed by atoms with Gasteiger partial charge in [-0.25, -0.2) is 0 Å². The summed E-state index contributed by atoms with van der Waals surface area (Å²) >= 11 is 0. The molecule has 0 aliphatic carbocycles. The number of rotatable bonds is 7. The Morgan fingerprint density at radius 2 is 1.56 bits per heavy atom. The molecule has 2 aromatic rings. The van der Waals surface area contributed by atoms with Gasteiger partial charge in [0.15, 0.2) is 6.61 Å². The van der Waals surface area contributed by atoms with Gasteiger partial charge in [0.2, 0.25) is 0 Å². The average molecular weight is 339 g/mol. The number of ether oxygens (including phenoxy) is 1. The number of carbonyl (C=O) groups excluding carboxylic acids is 2. The monoisotopic (exact) mass is 339 g/mol. The average Bonchev–Trinajstić information content (AvgIpc) is 2.60. The van der Waals surface area contributed by atoms with E-state index in [0.717, 1.165) is 23.1 Å². The summed E-state index contributed by atoms with van der Waals surface area (Å²) in [5.74, 6) is 0.980. The summed E-state index contributed by atoms with van der Waals surface area (Å²) in [5.41, 5.74) is 3.70. The number of hydrogen-bond donors (Lipinski definition) is 1. The molecule has 2 aromatic carbocycles. The van der Waals surface area contributed by atoms with Crippen LogP contribution in [-0.4, -0.2) is 18.8 Å². The van der Waals surface area contributed by atoms with Crippen LogP contribution in [0.1, 0.15) is 61.0 Å². The molecule has 0 saturated heterocycles. The quantitative estimate of drug-likeness (QED) is 0.740. The fourth-order valence-corrected chi connectivity index (χ4v) is 2.66. The highest BCUT2D eigenvalue weighted by atomic mass is 16.5. The fraction of sp³-hybridized carbons (Fsp3) is 0.333. The first kappa shape index (κ1) is 18.7. The van der Waals surface area contributed by atoms with Crippen molar-refractivity contribution in [2.45, 2.75) is 39.5 Å². The van der Waals surface area contributed by atoms with E-state index >= 15 is 0 Å². The Bertz CT molecular complexity index is 707. The van der Waals surface area contributed by atoms with Gasteiger partial charge in [0.1, 0.15) is 12.0 Å². The molecule has 4 nitrogen and oxygen atoms in total. The molecule has 0 aromatic heterocycles. The van der Waals surface area contributed by atoms with Gasteiger partial charge in [-0.15, -0.1) is 0 Å². The SMILES string of the molecule is CC(C)c1cccc(C(C)C)c1NC(=O)COc1ccc(C=O)cc1. The second kappa shape index (κ2) is 8.47. The summed E-state index contributed by atoms with van der Waals surface area (Å²) in [6, 6.07) is 12.8. The number of aldehydes is 1. The van der Waals surface area contributed by atoms with Crippen LogP contribution < -0.4 is 10.1 Å². The highest BCUT2D eigenvalue weighted by Gasteiger charge is 2.16. The van der Waals surface area contributed by atoms with Crippen LogP contribution in [-0.2, 0) is 4.79 Å². The molecular formula is C21H25NO3. The van der Waals surface area contributed by atoms with Gasteiger partial charge < -0.3 is 10.1 Å². The minimum Gasteiger partial charge on any atom is -0.484 e. The van der Waals surface area contributed by atoms with Gasteiger partial charge in [0.25, 0.3) is 5.91 Å². The van der Waals surface area contributed by atoms with E-state index in [4.69, 9.17) is 4.74 Å². The van der Waals surface area contributed by atoms with Gasteiger partial charge >= 0.3 is 0 Å². The van der Waals surface area contributed by atoms with Crippen molar-refractivity contribution in [1.29, 1.82) is 0 Å². The zero-order valence-electron chi connectivity index (χ0n) is 15.2. The highest BCUT2D eigenvalue weighted by molar-refractivity contribution is 5.93. The third kappa shape index (κ3) is 4.92. The Balaban J connectivity index is 2.10. The lowest BCUT2D eigenvalue weighted by Crippen LogP contribution is -2.22. The molecule has 4 heteroatoms. The summed E-state index contributed by atoms with van der Waals surface area (Å²) in [7, 11) is 0. The van der Waals surface area contributed by atoms with Crippen LogP contribution in [0.3, 0.4) is 0 Å². The Kier molecular flexibility index (Phi) is 6.34. The van der Waals surface area contributed by atoms with E-state index in [2.05, 4.69) is 33.0 Å². The number of nitrogens with one attached hydrogen (secondary N) is 1. The van der Waals surface area contributed by atoms with Crippen molar-refractivity contribution >= 4 is 17.9 Å². The predicted octanol–water partition coefficient (Wildman–Crippen LogP) is 4.76. The smallest absolute Gasteiger partial charge is 0.262 e. The van der Waals surface area contributed by atoms with Crippen LogP contribution >= 0.6 is 0 Å². The lowest BCUT2D eigenvalue weighted by Gasteiger charge is -2.20. The van der Waals surface area contributed by atoms with E-state index in [1.807, 2.05) is 18.2 Å². The molecule has 0 spiro atoms. The maximum Gasteiger partial charge on any atom is 0.262 e. The largest absolute Gasteiger partial charge is 0.484 e. The number of carbonyl (C=O) groups is 2. The minimum absolute atomic E-state index is 0.0790. The molecule has 0 atom stereocenters. The number of benzene rings is 2. The number of hydrogen-bond acceptors (Lipinski definition) is 3. The van der Waals surface area contributed by atoms with Crippen LogP contribution in [0.5, 0.6) is 5.75 Å². The predicted molar refractivity (Wildman–Crippen MR) is 101 cm³/mol. The first-order valence-electron chi connectivity index (χ1n) is 8.53. The van der Waals surface area contributed by atoms with Gasteiger partial charge in [0.05, 0.1) is 0 Å². The molecular weight excluding hydrogens is 314 g/mol. The lowest BCUT2D eigenvalue weighted by molar-refractivity contribution is -0.118. The third-order valence-electron chi connectivity index (χ3n) is 4.02. The first-order valence-corrected chi connectivity index (χ1v) is 8.53. The first-order chi connectivity index (χ1) is 11.9. The van der Waals surface area contributed by atoms with Gasteiger partial charge in [-0.05, 0) is 47.2 Å². The topological polar surface area (TPSA) is 55.4 Å². The molecule has 0 heterocycles. The number of para-hydroxylation sites is 1.